The number of hydrogen-bond donors (Lipinski definition) is 3. The number of hydrogen-bond acceptors (Lipinski definition) is 3. The molecule has 0 saturated carbocycles. The first-order valence-electron chi connectivity index (χ1n) is 5.39. The molecule has 0 unspecified atom stereocenters. The maximum atomic E-state index is 11.0. The third-order valence-corrected chi connectivity index (χ3v) is 2.73. The van der Waals surface area contributed by atoms with Gasteiger partial charge in [-0.25, -0.2) is 4.98 Å². The first-order chi connectivity index (χ1) is 7.99. The van der Waals surface area contributed by atoms with E-state index in [2.05, 4.69) is 15.3 Å². The summed E-state index contributed by atoms with van der Waals surface area (Å²) >= 11 is 0. The van der Waals surface area contributed by atoms with Gasteiger partial charge in [0.1, 0.15) is 0 Å². The minimum atomic E-state index is -0.812. The van der Waals surface area contributed by atoms with Crippen LogP contribution in [0.3, 0.4) is 0 Å². The predicted octanol–water partition coefficient (Wildman–Crippen LogP) is 2.09. The molecule has 1 aromatic heterocycles. The highest BCUT2D eigenvalue weighted by molar-refractivity contribution is 5.79. The molecule has 3 N–H and O–H groups in total. The normalized spacial score (nSPS) is 11.6. The quantitative estimate of drug-likeness (QED) is 0.755. The van der Waals surface area contributed by atoms with Gasteiger partial charge in [0.05, 0.1) is 22.8 Å². The number of aromatic nitrogens is 2. The molecule has 90 valence electrons. The van der Waals surface area contributed by atoms with Gasteiger partial charge >= 0.3 is 5.97 Å². The predicted molar refractivity (Wildman–Crippen MR) is 66.0 cm³/mol. The van der Waals surface area contributed by atoms with Crippen molar-refractivity contribution in [3.8, 4) is 0 Å². The number of benzene rings is 1. The van der Waals surface area contributed by atoms with Crippen LogP contribution >= 0.6 is 0 Å². The molecule has 0 aliphatic carbocycles. The first-order valence-corrected chi connectivity index (χ1v) is 5.39. The fourth-order valence-corrected chi connectivity index (χ4v) is 1.44. The first kappa shape index (κ1) is 11.4. The van der Waals surface area contributed by atoms with E-state index in [1.165, 1.54) is 0 Å². The molecule has 2 aromatic rings. The van der Waals surface area contributed by atoms with Crippen molar-refractivity contribution in [3.05, 3.63) is 24.5 Å². The lowest BCUT2D eigenvalue weighted by Gasteiger charge is -2.20. The Kier molecular flexibility index (Phi) is 2.75. The van der Waals surface area contributed by atoms with Gasteiger partial charge in [-0.1, -0.05) is 0 Å². The highest BCUT2D eigenvalue weighted by atomic mass is 16.4. The Morgan fingerprint density at radius 1 is 1.53 bits per heavy atom. The molecule has 5 heteroatoms. The summed E-state index contributed by atoms with van der Waals surface area (Å²) in [6.45, 7) is 3.76. The molecule has 0 fully saturated rings. The van der Waals surface area contributed by atoms with Crippen LogP contribution < -0.4 is 5.32 Å². The Morgan fingerprint density at radius 2 is 2.29 bits per heavy atom. The second-order valence-corrected chi connectivity index (χ2v) is 4.68. The van der Waals surface area contributed by atoms with Crippen molar-refractivity contribution in [2.24, 2.45) is 5.41 Å². The number of carboxylic acids is 1. The number of carboxylic acid groups (broad SMARTS) is 1. The Bertz CT molecular complexity index is 545. The van der Waals surface area contributed by atoms with Crippen molar-refractivity contribution in [1.29, 1.82) is 0 Å². The van der Waals surface area contributed by atoms with Gasteiger partial charge in [0, 0.05) is 12.2 Å². The Balaban J connectivity index is 2.11. The van der Waals surface area contributed by atoms with E-state index in [9.17, 15) is 4.79 Å². The van der Waals surface area contributed by atoms with Crippen molar-refractivity contribution < 1.29 is 9.90 Å². The van der Waals surface area contributed by atoms with Gasteiger partial charge in [-0.05, 0) is 32.0 Å². The molecule has 0 aliphatic heterocycles. The number of nitrogens with zero attached hydrogens (tertiary/aromatic N) is 1. The summed E-state index contributed by atoms with van der Waals surface area (Å²) in [5.74, 6) is -0.812. The summed E-state index contributed by atoms with van der Waals surface area (Å²) in [6.07, 6.45) is 1.63. The van der Waals surface area contributed by atoms with Crippen LogP contribution in [-0.4, -0.2) is 27.6 Å². The number of rotatable bonds is 4. The zero-order chi connectivity index (χ0) is 12.5. The summed E-state index contributed by atoms with van der Waals surface area (Å²) < 4.78 is 0. The number of anilines is 1. The smallest absolute Gasteiger partial charge is 0.310 e. The average molecular weight is 233 g/mol. The molecule has 0 saturated heterocycles. The van der Waals surface area contributed by atoms with Crippen molar-refractivity contribution in [1.82, 2.24) is 9.97 Å². The molecular formula is C12H15N3O2. The molecule has 0 bridgehead atoms. The van der Waals surface area contributed by atoms with Gasteiger partial charge in [-0.3, -0.25) is 4.79 Å². The van der Waals surface area contributed by atoms with E-state index in [-0.39, 0.29) is 0 Å². The second kappa shape index (κ2) is 4.08. The maximum absolute atomic E-state index is 11.0. The van der Waals surface area contributed by atoms with Gasteiger partial charge in [-0.15, -0.1) is 0 Å². The molecule has 0 amide bonds. The van der Waals surface area contributed by atoms with Crippen molar-refractivity contribution in [3.63, 3.8) is 0 Å². The summed E-state index contributed by atoms with van der Waals surface area (Å²) in [5.41, 5.74) is 1.93. The lowest BCUT2D eigenvalue weighted by atomic mass is 9.94. The van der Waals surface area contributed by atoms with E-state index < -0.39 is 11.4 Å². The summed E-state index contributed by atoms with van der Waals surface area (Å²) in [5, 5.41) is 12.1. The number of imidazole rings is 1. The highest BCUT2D eigenvalue weighted by Gasteiger charge is 2.26. The van der Waals surface area contributed by atoms with Crippen LogP contribution in [0.2, 0.25) is 0 Å². The lowest BCUT2D eigenvalue weighted by molar-refractivity contribution is -0.146. The van der Waals surface area contributed by atoms with Crippen LogP contribution in [0.1, 0.15) is 13.8 Å². The third-order valence-electron chi connectivity index (χ3n) is 2.73. The molecule has 0 aliphatic rings. The van der Waals surface area contributed by atoms with Gasteiger partial charge in [0.2, 0.25) is 0 Å². The largest absolute Gasteiger partial charge is 0.481 e. The van der Waals surface area contributed by atoms with Crippen molar-refractivity contribution in [2.75, 3.05) is 11.9 Å². The Morgan fingerprint density at radius 3 is 3.00 bits per heavy atom. The van der Waals surface area contributed by atoms with E-state index in [1.807, 2.05) is 18.2 Å². The monoisotopic (exact) mass is 233 g/mol. The zero-order valence-corrected chi connectivity index (χ0v) is 9.82. The highest BCUT2D eigenvalue weighted by Crippen LogP contribution is 2.19. The number of aliphatic carboxylic acids is 1. The summed E-state index contributed by atoms with van der Waals surface area (Å²) in [7, 11) is 0. The fourth-order valence-electron chi connectivity index (χ4n) is 1.44. The third kappa shape index (κ3) is 2.38. The molecule has 1 aromatic carbocycles. The Labute approximate surface area is 98.9 Å². The number of aromatic amines is 1. The minimum absolute atomic E-state index is 0.377. The van der Waals surface area contributed by atoms with Gasteiger partial charge in [0.25, 0.3) is 0 Å². The molecule has 1 heterocycles. The van der Waals surface area contributed by atoms with Crippen LogP contribution in [0.25, 0.3) is 11.0 Å². The SMILES string of the molecule is CC(C)(CNc1ccc2nc[nH]c2c1)C(=O)O. The molecular weight excluding hydrogens is 218 g/mol. The molecule has 2 rings (SSSR count). The minimum Gasteiger partial charge on any atom is -0.481 e. The molecule has 5 nitrogen and oxygen atoms in total. The standard InChI is InChI=1S/C12H15N3O2/c1-12(2,11(16)17)6-13-8-3-4-9-10(5-8)15-7-14-9/h3-5,7,13H,6H2,1-2H3,(H,14,15)(H,16,17). The average Bonchev–Trinajstić information content (AvgIpc) is 2.73. The number of H-pyrrole nitrogens is 1. The molecule has 0 radical (unpaired) electrons. The van der Waals surface area contributed by atoms with Gasteiger partial charge in [-0.2, -0.15) is 0 Å². The van der Waals surface area contributed by atoms with Crippen molar-refractivity contribution >= 4 is 22.7 Å². The van der Waals surface area contributed by atoms with Crippen LogP contribution in [0.4, 0.5) is 5.69 Å². The number of fused-ring (bicyclic) bond motifs is 1. The molecule has 0 spiro atoms. The summed E-state index contributed by atoms with van der Waals surface area (Å²) in [6, 6.07) is 5.70. The second-order valence-electron chi connectivity index (χ2n) is 4.68. The van der Waals surface area contributed by atoms with Crippen LogP contribution in [0, 0.1) is 5.41 Å². The van der Waals surface area contributed by atoms with E-state index in [4.69, 9.17) is 5.11 Å². The van der Waals surface area contributed by atoms with Crippen molar-refractivity contribution in [2.45, 2.75) is 13.8 Å². The maximum Gasteiger partial charge on any atom is 0.310 e. The van der Waals surface area contributed by atoms with Gasteiger partial charge in [0.15, 0.2) is 0 Å². The Hall–Kier alpha value is -2.04. The van der Waals surface area contributed by atoms with E-state index in [0.29, 0.717) is 6.54 Å². The fraction of sp³-hybridized carbons (Fsp3) is 0.333. The molecule has 17 heavy (non-hydrogen) atoms. The summed E-state index contributed by atoms with van der Waals surface area (Å²) in [4.78, 5) is 18.1. The zero-order valence-electron chi connectivity index (χ0n) is 9.82. The lowest BCUT2D eigenvalue weighted by Crippen LogP contribution is -2.31. The topological polar surface area (TPSA) is 78.0 Å². The van der Waals surface area contributed by atoms with Gasteiger partial charge < -0.3 is 15.4 Å². The van der Waals surface area contributed by atoms with Crippen LogP contribution in [0.15, 0.2) is 24.5 Å². The number of nitrogens with one attached hydrogen (secondary N) is 2. The van der Waals surface area contributed by atoms with E-state index >= 15 is 0 Å². The molecule has 0 atom stereocenters. The van der Waals surface area contributed by atoms with Crippen LogP contribution in [-0.2, 0) is 4.79 Å². The number of carbonyl (C=O) groups is 1. The van der Waals surface area contributed by atoms with E-state index in [0.717, 1.165) is 16.7 Å². The van der Waals surface area contributed by atoms with E-state index in [1.54, 1.807) is 20.2 Å². The van der Waals surface area contributed by atoms with Crippen LogP contribution in [0.5, 0.6) is 0 Å².